The Hall–Kier alpha value is -2.37. The van der Waals surface area contributed by atoms with Crippen LogP contribution in [0.3, 0.4) is 0 Å². The number of aromatic nitrogens is 3. The Morgan fingerprint density at radius 2 is 2.00 bits per heavy atom. The van der Waals surface area contributed by atoms with E-state index in [1.807, 2.05) is 38.1 Å². The molecule has 0 spiro atoms. The summed E-state index contributed by atoms with van der Waals surface area (Å²) in [4.78, 5) is 16.1. The highest BCUT2D eigenvalue weighted by molar-refractivity contribution is 5.77. The van der Waals surface area contributed by atoms with E-state index >= 15 is 0 Å². The Morgan fingerprint density at radius 1 is 1.29 bits per heavy atom. The third-order valence-corrected chi connectivity index (χ3v) is 4.02. The van der Waals surface area contributed by atoms with Crippen LogP contribution >= 0.6 is 0 Å². The SMILES string of the molecule is C[C@H]([C@@H](C)NC(=O)COc1ccccc1C(C)(C)C)n1cncn1. The van der Waals surface area contributed by atoms with E-state index in [2.05, 4.69) is 36.2 Å². The van der Waals surface area contributed by atoms with Crippen molar-refractivity contribution in [2.45, 2.75) is 52.1 Å². The summed E-state index contributed by atoms with van der Waals surface area (Å²) in [6.07, 6.45) is 3.13. The van der Waals surface area contributed by atoms with Gasteiger partial charge < -0.3 is 10.1 Å². The lowest BCUT2D eigenvalue weighted by Gasteiger charge is -2.23. The molecule has 6 nitrogen and oxygen atoms in total. The Kier molecular flexibility index (Phi) is 5.59. The number of carbonyl (C=O) groups is 1. The quantitative estimate of drug-likeness (QED) is 0.884. The summed E-state index contributed by atoms with van der Waals surface area (Å²) in [6, 6.07) is 7.75. The third kappa shape index (κ3) is 4.57. The van der Waals surface area contributed by atoms with Gasteiger partial charge in [-0.1, -0.05) is 39.0 Å². The Labute approximate surface area is 143 Å². The van der Waals surface area contributed by atoms with Crippen LogP contribution in [0.15, 0.2) is 36.9 Å². The fourth-order valence-electron chi connectivity index (χ4n) is 2.43. The molecular weight excluding hydrogens is 304 g/mol. The third-order valence-electron chi connectivity index (χ3n) is 4.02. The van der Waals surface area contributed by atoms with Crippen molar-refractivity contribution in [2.24, 2.45) is 0 Å². The minimum atomic E-state index is -0.154. The summed E-state index contributed by atoms with van der Waals surface area (Å²) in [5, 5.41) is 7.04. The molecule has 2 rings (SSSR count). The normalized spacial score (nSPS) is 14.0. The van der Waals surface area contributed by atoms with Crippen LogP contribution in [0.1, 0.15) is 46.2 Å². The molecule has 0 saturated carbocycles. The lowest BCUT2D eigenvalue weighted by atomic mass is 9.86. The highest BCUT2D eigenvalue weighted by atomic mass is 16.5. The first-order valence-electron chi connectivity index (χ1n) is 8.15. The summed E-state index contributed by atoms with van der Waals surface area (Å²) < 4.78 is 7.47. The van der Waals surface area contributed by atoms with E-state index < -0.39 is 0 Å². The number of amides is 1. The molecule has 0 aliphatic heterocycles. The number of carbonyl (C=O) groups excluding carboxylic acids is 1. The predicted molar refractivity (Wildman–Crippen MR) is 93.0 cm³/mol. The lowest BCUT2D eigenvalue weighted by Crippen LogP contribution is -2.40. The molecule has 130 valence electrons. The zero-order valence-electron chi connectivity index (χ0n) is 15.0. The van der Waals surface area contributed by atoms with E-state index in [-0.39, 0.29) is 30.0 Å². The maximum atomic E-state index is 12.2. The Morgan fingerprint density at radius 3 is 2.62 bits per heavy atom. The van der Waals surface area contributed by atoms with E-state index in [1.54, 1.807) is 11.0 Å². The monoisotopic (exact) mass is 330 g/mol. The average molecular weight is 330 g/mol. The zero-order chi connectivity index (χ0) is 17.7. The molecule has 0 aliphatic rings. The largest absolute Gasteiger partial charge is 0.483 e. The number of benzene rings is 1. The first-order valence-corrected chi connectivity index (χ1v) is 8.15. The molecule has 24 heavy (non-hydrogen) atoms. The van der Waals surface area contributed by atoms with Crippen molar-refractivity contribution in [3.05, 3.63) is 42.5 Å². The van der Waals surface area contributed by atoms with Crippen molar-refractivity contribution in [3.8, 4) is 5.75 Å². The average Bonchev–Trinajstić information content (AvgIpc) is 3.06. The number of ether oxygens (including phenoxy) is 1. The van der Waals surface area contributed by atoms with Crippen LogP contribution in [-0.4, -0.2) is 33.3 Å². The van der Waals surface area contributed by atoms with Gasteiger partial charge in [-0.2, -0.15) is 5.10 Å². The van der Waals surface area contributed by atoms with Gasteiger partial charge in [0.05, 0.1) is 6.04 Å². The van der Waals surface area contributed by atoms with Crippen molar-refractivity contribution in [1.82, 2.24) is 20.1 Å². The number of hydrogen-bond donors (Lipinski definition) is 1. The fraction of sp³-hybridized carbons (Fsp3) is 0.500. The molecule has 1 aromatic carbocycles. The van der Waals surface area contributed by atoms with E-state index in [9.17, 15) is 4.79 Å². The van der Waals surface area contributed by atoms with Crippen LogP contribution < -0.4 is 10.1 Å². The van der Waals surface area contributed by atoms with Crippen molar-refractivity contribution < 1.29 is 9.53 Å². The van der Waals surface area contributed by atoms with Crippen LogP contribution in [0, 0.1) is 0 Å². The van der Waals surface area contributed by atoms with E-state index in [0.717, 1.165) is 11.3 Å². The summed E-state index contributed by atoms with van der Waals surface area (Å²) in [5.41, 5.74) is 1.05. The van der Waals surface area contributed by atoms with Crippen LogP contribution in [0.25, 0.3) is 0 Å². The smallest absolute Gasteiger partial charge is 0.258 e. The van der Waals surface area contributed by atoms with E-state index in [4.69, 9.17) is 4.74 Å². The molecule has 2 aromatic rings. The number of rotatable bonds is 6. The van der Waals surface area contributed by atoms with Gasteiger partial charge >= 0.3 is 0 Å². The molecule has 1 aromatic heterocycles. The molecule has 0 bridgehead atoms. The topological polar surface area (TPSA) is 69.0 Å². The van der Waals surface area contributed by atoms with Crippen LogP contribution in [-0.2, 0) is 10.2 Å². The summed E-state index contributed by atoms with van der Waals surface area (Å²) >= 11 is 0. The van der Waals surface area contributed by atoms with Crippen molar-refractivity contribution in [1.29, 1.82) is 0 Å². The van der Waals surface area contributed by atoms with Gasteiger partial charge in [-0.05, 0) is 30.9 Å². The maximum absolute atomic E-state index is 12.2. The second-order valence-corrected chi connectivity index (χ2v) is 7.01. The Balaban J connectivity index is 1.92. The maximum Gasteiger partial charge on any atom is 0.258 e. The first kappa shape index (κ1) is 18.0. The van der Waals surface area contributed by atoms with Gasteiger partial charge in [0, 0.05) is 6.04 Å². The molecule has 1 N–H and O–H groups in total. The first-order chi connectivity index (χ1) is 11.3. The molecule has 1 amide bonds. The standard InChI is InChI=1S/C18H26N4O2/c1-13(14(2)22-12-19-11-20-22)21-17(23)10-24-16-9-7-6-8-15(16)18(3,4)5/h6-9,11-14H,10H2,1-5H3,(H,21,23)/t13-,14-/m1/s1. The van der Waals surface area contributed by atoms with Crippen molar-refractivity contribution >= 4 is 5.91 Å². The second kappa shape index (κ2) is 7.47. The fourth-order valence-corrected chi connectivity index (χ4v) is 2.43. The van der Waals surface area contributed by atoms with Crippen LogP contribution in [0.2, 0.25) is 0 Å². The van der Waals surface area contributed by atoms with Crippen LogP contribution in [0.4, 0.5) is 0 Å². The molecule has 0 radical (unpaired) electrons. The molecule has 6 heteroatoms. The lowest BCUT2D eigenvalue weighted by molar-refractivity contribution is -0.124. The molecule has 0 aliphatic carbocycles. The molecule has 0 saturated heterocycles. The van der Waals surface area contributed by atoms with Gasteiger partial charge in [0.25, 0.3) is 5.91 Å². The minimum absolute atomic E-state index is 0.0123. The van der Waals surface area contributed by atoms with Gasteiger partial charge in [0.2, 0.25) is 0 Å². The molecule has 2 atom stereocenters. The van der Waals surface area contributed by atoms with E-state index in [1.165, 1.54) is 6.33 Å². The number of nitrogens with zero attached hydrogens (tertiary/aromatic N) is 3. The molecule has 0 unspecified atom stereocenters. The minimum Gasteiger partial charge on any atom is -0.483 e. The van der Waals surface area contributed by atoms with Crippen molar-refractivity contribution in [3.63, 3.8) is 0 Å². The number of para-hydroxylation sites is 1. The number of nitrogens with one attached hydrogen (secondary N) is 1. The Bertz CT molecular complexity index is 662. The molecule has 0 fully saturated rings. The molecular formula is C18H26N4O2. The van der Waals surface area contributed by atoms with Gasteiger partial charge in [-0.3, -0.25) is 4.79 Å². The summed E-state index contributed by atoms with van der Waals surface area (Å²) in [6.45, 7) is 10.3. The summed E-state index contributed by atoms with van der Waals surface area (Å²) in [7, 11) is 0. The van der Waals surface area contributed by atoms with Gasteiger partial charge in [0.1, 0.15) is 18.4 Å². The predicted octanol–water partition coefficient (Wildman–Crippen LogP) is 2.72. The molecule has 1 heterocycles. The van der Waals surface area contributed by atoms with Crippen LogP contribution in [0.5, 0.6) is 5.75 Å². The summed E-state index contributed by atoms with van der Waals surface area (Å²) in [5.74, 6) is 0.593. The van der Waals surface area contributed by atoms with E-state index in [0.29, 0.717) is 0 Å². The van der Waals surface area contributed by atoms with Gasteiger partial charge in [0.15, 0.2) is 6.61 Å². The zero-order valence-corrected chi connectivity index (χ0v) is 15.0. The van der Waals surface area contributed by atoms with Gasteiger partial charge in [-0.15, -0.1) is 0 Å². The highest BCUT2D eigenvalue weighted by Gasteiger charge is 2.20. The number of hydrogen-bond acceptors (Lipinski definition) is 4. The second-order valence-electron chi connectivity index (χ2n) is 7.01. The van der Waals surface area contributed by atoms with Crippen molar-refractivity contribution in [2.75, 3.05) is 6.61 Å². The highest BCUT2D eigenvalue weighted by Crippen LogP contribution is 2.30. The van der Waals surface area contributed by atoms with Gasteiger partial charge in [-0.25, -0.2) is 9.67 Å².